The van der Waals surface area contributed by atoms with Gasteiger partial charge in [-0.1, -0.05) is 63.2 Å². The smallest absolute Gasteiger partial charge is 0.126 e. The summed E-state index contributed by atoms with van der Waals surface area (Å²) in [6.07, 6.45) is 0. The Balaban J connectivity index is 2.20. The van der Waals surface area contributed by atoms with E-state index in [0.717, 1.165) is 16.9 Å². The molecule has 3 nitrogen and oxygen atoms in total. The molecule has 0 unspecified atom stereocenters. The van der Waals surface area contributed by atoms with E-state index >= 15 is 0 Å². The van der Waals surface area contributed by atoms with Crippen LogP contribution in [0.4, 0.5) is 0 Å². The Morgan fingerprint density at radius 3 is 2.27 bits per heavy atom. The van der Waals surface area contributed by atoms with Crippen LogP contribution in [0.3, 0.4) is 0 Å². The van der Waals surface area contributed by atoms with E-state index in [4.69, 9.17) is 4.74 Å². The van der Waals surface area contributed by atoms with Gasteiger partial charge in [0.05, 0.1) is 5.97 Å². The second kappa shape index (κ2) is 6.22. The molecule has 0 aliphatic carbocycles. The zero-order valence-electron chi connectivity index (χ0n) is 13.5. The fraction of sp³-hybridized carbons (Fsp3) is 0.316. The molecule has 0 saturated heterocycles. The van der Waals surface area contributed by atoms with Crippen molar-refractivity contribution in [2.24, 2.45) is 0 Å². The molecule has 3 heteroatoms. The van der Waals surface area contributed by atoms with E-state index in [1.807, 2.05) is 19.1 Å². The molecule has 2 rings (SSSR count). The molecule has 0 fully saturated rings. The van der Waals surface area contributed by atoms with Crippen molar-refractivity contribution in [1.29, 1.82) is 0 Å². The average Bonchev–Trinajstić information content (AvgIpc) is 2.45. The largest absolute Gasteiger partial charge is 0.545 e. The first-order valence-electron chi connectivity index (χ1n) is 7.32. The van der Waals surface area contributed by atoms with Gasteiger partial charge in [-0.3, -0.25) is 0 Å². The molecular weight excluding hydrogens is 276 g/mol. The van der Waals surface area contributed by atoms with Gasteiger partial charge in [0.15, 0.2) is 0 Å². The summed E-state index contributed by atoms with van der Waals surface area (Å²) in [6, 6.07) is 12.7. The molecule has 0 amide bonds. The summed E-state index contributed by atoms with van der Waals surface area (Å²) in [5.41, 5.74) is 3.36. The van der Waals surface area contributed by atoms with Crippen LogP contribution < -0.4 is 9.84 Å². The lowest BCUT2D eigenvalue weighted by molar-refractivity contribution is -0.255. The van der Waals surface area contributed by atoms with E-state index in [-0.39, 0.29) is 11.0 Å². The zero-order chi connectivity index (χ0) is 16.3. The van der Waals surface area contributed by atoms with Crippen molar-refractivity contribution in [2.45, 2.75) is 39.7 Å². The number of ether oxygens (including phenoxy) is 1. The molecule has 0 aliphatic rings. The van der Waals surface area contributed by atoms with Gasteiger partial charge in [-0.05, 0) is 34.6 Å². The number of para-hydroxylation sites is 1. The summed E-state index contributed by atoms with van der Waals surface area (Å²) in [5.74, 6) is -0.264. The van der Waals surface area contributed by atoms with E-state index in [1.165, 1.54) is 17.7 Å². The molecular formula is C19H21O3-. The first-order chi connectivity index (χ1) is 10.3. The summed E-state index contributed by atoms with van der Waals surface area (Å²) in [6.45, 7) is 8.90. The monoisotopic (exact) mass is 297 g/mol. The molecule has 0 radical (unpaired) electrons. The maximum absolute atomic E-state index is 10.7. The summed E-state index contributed by atoms with van der Waals surface area (Å²) >= 11 is 0. The topological polar surface area (TPSA) is 49.4 Å². The van der Waals surface area contributed by atoms with Crippen molar-refractivity contribution in [3.05, 3.63) is 64.7 Å². The Kier molecular flexibility index (Phi) is 4.55. The molecule has 0 spiro atoms. The van der Waals surface area contributed by atoms with Gasteiger partial charge < -0.3 is 14.6 Å². The average molecular weight is 297 g/mol. The molecule has 2 aromatic rings. The Morgan fingerprint density at radius 2 is 1.73 bits per heavy atom. The third-order valence-corrected chi connectivity index (χ3v) is 3.59. The second-order valence-corrected chi connectivity index (χ2v) is 6.47. The van der Waals surface area contributed by atoms with E-state index in [1.54, 1.807) is 12.1 Å². The molecule has 0 saturated carbocycles. The van der Waals surface area contributed by atoms with Crippen molar-refractivity contribution in [3.63, 3.8) is 0 Å². The van der Waals surface area contributed by atoms with Gasteiger partial charge in [0.1, 0.15) is 12.4 Å². The fourth-order valence-corrected chi connectivity index (χ4v) is 2.33. The Labute approximate surface area is 131 Å². The summed E-state index contributed by atoms with van der Waals surface area (Å²) in [7, 11) is 0. The van der Waals surface area contributed by atoms with Crippen molar-refractivity contribution in [1.82, 2.24) is 0 Å². The van der Waals surface area contributed by atoms with Gasteiger partial charge in [-0.25, -0.2) is 0 Å². The molecule has 0 aromatic heterocycles. The Morgan fingerprint density at radius 1 is 1.09 bits per heavy atom. The first kappa shape index (κ1) is 16.1. The zero-order valence-corrected chi connectivity index (χ0v) is 13.5. The molecule has 0 heterocycles. The highest BCUT2D eigenvalue weighted by Gasteiger charge is 2.20. The number of hydrogen-bond donors (Lipinski definition) is 0. The van der Waals surface area contributed by atoms with Crippen LogP contribution in [0.5, 0.6) is 5.75 Å². The predicted molar refractivity (Wildman–Crippen MR) is 85.0 cm³/mol. The fourth-order valence-electron chi connectivity index (χ4n) is 2.33. The standard InChI is InChI=1S/C19H22O3/c1-13-6-5-7-16(19(2,3)4)17(13)22-12-14-8-10-15(11-9-14)18(20)21/h5-11H,12H2,1-4H3,(H,20,21)/p-1. The van der Waals surface area contributed by atoms with Gasteiger partial charge in [-0.2, -0.15) is 0 Å². The minimum atomic E-state index is -1.17. The summed E-state index contributed by atoms with van der Waals surface area (Å²) < 4.78 is 6.02. The lowest BCUT2D eigenvalue weighted by atomic mass is 9.85. The van der Waals surface area contributed by atoms with Gasteiger partial charge in [-0.15, -0.1) is 0 Å². The number of carbonyl (C=O) groups is 1. The third kappa shape index (κ3) is 3.67. The quantitative estimate of drug-likeness (QED) is 0.870. The van der Waals surface area contributed by atoms with Gasteiger partial charge >= 0.3 is 0 Å². The minimum Gasteiger partial charge on any atom is -0.545 e. The van der Waals surface area contributed by atoms with Crippen LogP contribution in [0.1, 0.15) is 47.8 Å². The van der Waals surface area contributed by atoms with Crippen LogP contribution in [0.15, 0.2) is 42.5 Å². The molecule has 2 aromatic carbocycles. The van der Waals surface area contributed by atoms with Crippen molar-refractivity contribution >= 4 is 5.97 Å². The molecule has 22 heavy (non-hydrogen) atoms. The number of benzene rings is 2. The SMILES string of the molecule is Cc1cccc(C(C)(C)C)c1OCc1ccc(C(=O)[O-])cc1. The van der Waals surface area contributed by atoms with Gasteiger partial charge in [0.25, 0.3) is 0 Å². The minimum absolute atomic E-state index is 0.000186. The summed E-state index contributed by atoms with van der Waals surface area (Å²) in [4.78, 5) is 10.7. The molecule has 0 bridgehead atoms. The van der Waals surface area contributed by atoms with Crippen LogP contribution >= 0.6 is 0 Å². The number of aromatic carboxylic acids is 1. The predicted octanol–water partition coefficient (Wildman–Crippen LogP) is 3.24. The first-order valence-corrected chi connectivity index (χ1v) is 7.32. The van der Waals surface area contributed by atoms with E-state index in [2.05, 4.69) is 26.8 Å². The number of aryl methyl sites for hydroxylation is 1. The van der Waals surface area contributed by atoms with Gasteiger partial charge in [0.2, 0.25) is 0 Å². The highest BCUT2D eigenvalue weighted by Crippen LogP contribution is 2.34. The number of carboxylic acid groups (broad SMARTS) is 1. The van der Waals surface area contributed by atoms with E-state index in [0.29, 0.717) is 6.61 Å². The number of carboxylic acids is 1. The Hall–Kier alpha value is -2.29. The number of rotatable bonds is 4. The Bertz CT molecular complexity index is 664. The second-order valence-electron chi connectivity index (χ2n) is 6.47. The number of carbonyl (C=O) groups excluding carboxylic acids is 1. The molecule has 0 atom stereocenters. The van der Waals surface area contributed by atoms with E-state index < -0.39 is 5.97 Å². The molecule has 116 valence electrons. The lowest BCUT2D eigenvalue weighted by Gasteiger charge is -2.24. The maximum atomic E-state index is 10.7. The van der Waals surface area contributed by atoms with Crippen molar-refractivity contribution in [3.8, 4) is 5.75 Å². The highest BCUT2D eigenvalue weighted by molar-refractivity contribution is 5.85. The lowest BCUT2D eigenvalue weighted by Crippen LogP contribution is -2.22. The van der Waals surface area contributed by atoms with Crippen LogP contribution in [0.2, 0.25) is 0 Å². The molecule has 0 aliphatic heterocycles. The molecule has 0 N–H and O–H groups in total. The third-order valence-electron chi connectivity index (χ3n) is 3.59. The van der Waals surface area contributed by atoms with Gasteiger partial charge in [0, 0.05) is 0 Å². The highest BCUT2D eigenvalue weighted by atomic mass is 16.5. The summed E-state index contributed by atoms with van der Waals surface area (Å²) in [5, 5.41) is 10.7. The normalized spacial score (nSPS) is 11.3. The van der Waals surface area contributed by atoms with E-state index in [9.17, 15) is 9.90 Å². The maximum Gasteiger partial charge on any atom is 0.126 e. The number of hydrogen-bond acceptors (Lipinski definition) is 3. The van der Waals surface area contributed by atoms with Crippen LogP contribution in [0.25, 0.3) is 0 Å². The van der Waals surface area contributed by atoms with Crippen molar-refractivity contribution in [2.75, 3.05) is 0 Å². The van der Waals surface area contributed by atoms with Crippen LogP contribution in [-0.2, 0) is 12.0 Å². The van der Waals surface area contributed by atoms with Crippen molar-refractivity contribution < 1.29 is 14.6 Å². The van der Waals surface area contributed by atoms with Crippen LogP contribution in [0, 0.1) is 6.92 Å². The van der Waals surface area contributed by atoms with Crippen LogP contribution in [-0.4, -0.2) is 5.97 Å².